The highest BCUT2D eigenvalue weighted by atomic mass is 32.1. The van der Waals surface area contributed by atoms with E-state index in [-0.39, 0.29) is 11.8 Å². The minimum Gasteiger partial charge on any atom is -0.335 e. The van der Waals surface area contributed by atoms with Gasteiger partial charge < -0.3 is 10.2 Å². The molecule has 2 aromatic rings. The van der Waals surface area contributed by atoms with E-state index in [1.807, 2.05) is 35.2 Å². The molecule has 28 heavy (non-hydrogen) atoms. The second kappa shape index (κ2) is 9.34. The van der Waals surface area contributed by atoms with Gasteiger partial charge in [0.05, 0.1) is 11.4 Å². The molecule has 0 bridgehead atoms. The van der Waals surface area contributed by atoms with Gasteiger partial charge in [0, 0.05) is 36.7 Å². The molecule has 0 aliphatic carbocycles. The molecule has 6 heteroatoms. The predicted octanol–water partition coefficient (Wildman–Crippen LogP) is 3.58. The van der Waals surface area contributed by atoms with Gasteiger partial charge in [-0.15, -0.1) is 11.3 Å². The number of piperazine rings is 1. The normalized spacial score (nSPS) is 14.9. The summed E-state index contributed by atoms with van der Waals surface area (Å²) in [7, 11) is 0. The van der Waals surface area contributed by atoms with Crippen LogP contribution >= 0.6 is 11.3 Å². The van der Waals surface area contributed by atoms with E-state index >= 15 is 0 Å². The first-order valence-corrected chi connectivity index (χ1v) is 10.8. The van der Waals surface area contributed by atoms with Gasteiger partial charge in [-0.1, -0.05) is 32.0 Å². The number of aryl methyl sites for hydroxylation is 3. The van der Waals surface area contributed by atoms with Gasteiger partial charge in [0.2, 0.25) is 5.91 Å². The third-order valence-corrected chi connectivity index (χ3v) is 6.62. The predicted molar refractivity (Wildman–Crippen MR) is 115 cm³/mol. The topological polar surface area (TPSA) is 52.7 Å². The molecule has 2 amide bonds. The summed E-state index contributed by atoms with van der Waals surface area (Å²) < 4.78 is 0. The van der Waals surface area contributed by atoms with Gasteiger partial charge in [0.25, 0.3) is 5.91 Å². The number of para-hydroxylation sites is 1. The number of benzene rings is 1. The van der Waals surface area contributed by atoms with Crippen LogP contribution in [0.25, 0.3) is 0 Å². The van der Waals surface area contributed by atoms with E-state index in [4.69, 9.17) is 0 Å². The Kier molecular flexibility index (Phi) is 6.86. The highest BCUT2D eigenvalue weighted by Gasteiger charge is 2.24. The second-order valence-corrected chi connectivity index (χ2v) is 8.33. The average molecular weight is 400 g/mol. The fraction of sp³-hybridized carbons (Fsp3) is 0.455. The van der Waals surface area contributed by atoms with E-state index in [2.05, 4.69) is 31.0 Å². The number of hydrogen-bond acceptors (Lipinski definition) is 4. The summed E-state index contributed by atoms with van der Waals surface area (Å²) in [5.74, 6) is 0.121. The molecule has 1 fully saturated rings. The molecule has 1 aromatic heterocycles. The average Bonchev–Trinajstić information content (AvgIpc) is 3.09. The molecular formula is C22H29N3O2S. The van der Waals surface area contributed by atoms with E-state index in [1.54, 1.807) is 11.3 Å². The van der Waals surface area contributed by atoms with E-state index in [1.165, 1.54) is 10.4 Å². The molecule has 2 heterocycles. The summed E-state index contributed by atoms with van der Waals surface area (Å²) >= 11 is 1.61. The van der Waals surface area contributed by atoms with Gasteiger partial charge in [0.15, 0.2) is 0 Å². The Morgan fingerprint density at radius 3 is 2.43 bits per heavy atom. The second-order valence-electron chi connectivity index (χ2n) is 7.20. The van der Waals surface area contributed by atoms with Crippen LogP contribution in [-0.2, 0) is 17.6 Å². The third kappa shape index (κ3) is 4.80. The maximum absolute atomic E-state index is 12.8. The molecule has 5 nitrogen and oxygen atoms in total. The lowest BCUT2D eigenvalue weighted by atomic mass is 10.1. The van der Waals surface area contributed by atoms with Crippen molar-refractivity contribution in [1.29, 1.82) is 0 Å². The maximum atomic E-state index is 12.8. The van der Waals surface area contributed by atoms with Crippen molar-refractivity contribution >= 4 is 28.8 Å². The fourth-order valence-corrected chi connectivity index (χ4v) is 4.67. The zero-order valence-electron chi connectivity index (χ0n) is 17.0. The first-order valence-electron chi connectivity index (χ1n) is 10.0. The number of rotatable bonds is 6. The molecule has 1 aliphatic heterocycles. The van der Waals surface area contributed by atoms with Crippen LogP contribution in [0.5, 0.6) is 0 Å². The minimum atomic E-state index is 0.00199. The summed E-state index contributed by atoms with van der Waals surface area (Å²) in [6.45, 7) is 9.40. The van der Waals surface area contributed by atoms with Gasteiger partial charge in [-0.2, -0.15) is 0 Å². The monoisotopic (exact) mass is 399 g/mol. The van der Waals surface area contributed by atoms with Crippen LogP contribution in [-0.4, -0.2) is 54.3 Å². The van der Waals surface area contributed by atoms with Crippen LogP contribution < -0.4 is 5.32 Å². The summed E-state index contributed by atoms with van der Waals surface area (Å²) in [6, 6.07) is 9.92. The van der Waals surface area contributed by atoms with Crippen molar-refractivity contribution in [1.82, 2.24) is 9.80 Å². The quantitative estimate of drug-likeness (QED) is 0.808. The van der Waals surface area contributed by atoms with Crippen molar-refractivity contribution in [2.75, 3.05) is 38.0 Å². The summed E-state index contributed by atoms with van der Waals surface area (Å²) in [6.07, 6.45) is 1.85. The van der Waals surface area contributed by atoms with Crippen LogP contribution in [0, 0.1) is 6.92 Å². The van der Waals surface area contributed by atoms with Crippen LogP contribution in [0.1, 0.15) is 39.5 Å². The highest BCUT2D eigenvalue weighted by molar-refractivity contribution is 7.14. The molecule has 1 aliphatic rings. The lowest BCUT2D eigenvalue weighted by Crippen LogP contribution is -2.50. The number of carbonyl (C=O) groups excluding carboxylic acids is 2. The van der Waals surface area contributed by atoms with Crippen LogP contribution in [0.2, 0.25) is 0 Å². The van der Waals surface area contributed by atoms with Crippen molar-refractivity contribution in [3.8, 4) is 0 Å². The Morgan fingerprint density at radius 2 is 1.79 bits per heavy atom. The van der Waals surface area contributed by atoms with Crippen molar-refractivity contribution in [3.63, 3.8) is 0 Å². The largest absolute Gasteiger partial charge is 0.335 e. The van der Waals surface area contributed by atoms with Crippen molar-refractivity contribution in [2.24, 2.45) is 0 Å². The number of hydrogen-bond donors (Lipinski definition) is 1. The smallest absolute Gasteiger partial charge is 0.264 e. The minimum absolute atomic E-state index is 0.00199. The SMILES string of the molecule is CCc1ccccc1NC(=O)CN1CCN(C(=O)c2cc(C)c(CC)s2)CC1. The van der Waals surface area contributed by atoms with E-state index < -0.39 is 0 Å². The molecule has 0 saturated carbocycles. The molecule has 3 rings (SSSR count). The molecular weight excluding hydrogens is 370 g/mol. The van der Waals surface area contributed by atoms with E-state index in [9.17, 15) is 9.59 Å². The van der Waals surface area contributed by atoms with Gasteiger partial charge in [0.1, 0.15) is 0 Å². The maximum Gasteiger partial charge on any atom is 0.264 e. The summed E-state index contributed by atoms with van der Waals surface area (Å²) in [4.78, 5) is 31.3. The molecule has 0 spiro atoms. The number of nitrogens with zero attached hydrogens (tertiary/aromatic N) is 2. The first kappa shape index (κ1) is 20.6. The first-order chi connectivity index (χ1) is 13.5. The Morgan fingerprint density at radius 1 is 1.07 bits per heavy atom. The van der Waals surface area contributed by atoms with Gasteiger partial charge in [-0.05, 0) is 43.0 Å². The number of nitrogens with one attached hydrogen (secondary N) is 1. The third-order valence-electron chi connectivity index (χ3n) is 5.25. The molecule has 0 radical (unpaired) electrons. The van der Waals surface area contributed by atoms with Crippen LogP contribution in [0.3, 0.4) is 0 Å². The number of anilines is 1. The van der Waals surface area contributed by atoms with Crippen LogP contribution in [0.15, 0.2) is 30.3 Å². The number of amides is 2. The molecule has 150 valence electrons. The lowest BCUT2D eigenvalue weighted by Gasteiger charge is -2.34. The molecule has 0 unspecified atom stereocenters. The zero-order valence-corrected chi connectivity index (χ0v) is 17.8. The highest BCUT2D eigenvalue weighted by Crippen LogP contribution is 2.24. The van der Waals surface area contributed by atoms with Gasteiger partial charge in [-0.25, -0.2) is 0 Å². The van der Waals surface area contributed by atoms with Gasteiger partial charge >= 0.3 is 0 Å². The number of carbonyl (C=O) groups is 2. The Bertz CT molecular complexity index is 838. The van der Waals surface area contributed by atoms with Crippen molar-refractivity contribution in [2.45, 2.75) is 33.6 Å². The summed E-state index contributed by atoms with van der Waals surface area (Å²) in [5.41, 5.74) is 3.24. The van der Waals surface area contributed by atoms with Crippen LogP contribution in [0.4, 0.5) is 5.69 Å². The van der Waals surface area contributed by atoms with Gasteiger partial charge in [-0.3, -0.25) is 14.5 Å². The fourth-order valence-electron chi connectivity index (χ4n) is 3.58. The molecule has 1 aromatic carbocycles. The zero-order chi connectivity index (χ0) is 20.1. The molecule has 1 saturated heterocycles. The molecule has 1 N–H and O–H groups in total. The summed E-state index contributed by atoms with van der Waals surface area (Å²) in [5, 5.41) is 3.02. The van der Waals surface area contributed by atoms with Crippen molar-refractivity contribution < 1.29 is 9.59 Å². The van der Waals surface area contributed by atoms with E-state index in [0.29, 0.717) is 19.6 Å². The Hall–Kier alpha value is -2.18. The Labute approximate surface area is 171 Å². The standard InChI is InChI=1S/C22H29N3O2S/c1-4-17-8-6-7-9-18(17)23-21(26)15-24-10-12-25(13-11-24)22(27)20-14-16(3)19(5-2)28-20/h6-9,14H,4-5,10-13,15H2,1-3H3,(H,23,26). The molecule has 0 atom stereocenters. The van der Waals surface area contributed by atoms with E-state index in [0.717, 1.165) is 42.1 Å². The lowest BCUT2D eigenvalue weighted by molar-refractivity contribution is -0.117. The van der Waals surface area contributed by atoms with Crippen molar-refractivity contribution in [3.05, 3.63) is 51.2 Å². The number of thiophene rings is 1. The Balaban J connectivity index is 1.51.